The Morgan fingerprint density at radius 2 is 1.59 bits per heavy atom. The van der Waals surface area contributed by atoms with Crippen LogP contribution in [-0.2, 0) is 9.59 Å². The lowest BCUT2D eigenvalue weighted by Gasteiger charge is -2.26. The number of carbonyl (C=O) groups excluding carboxylic acids is 2. The summed E-state index contributed by atoms with van der Waals surface area (Å²) < 4.78 is 5.70. The molecule has 144 valence electrons. The lowest BCUT2D eigenvalue weighted by atomic mass is 10.1. The Hall–Kier alpha value is -2.61. The first kappa shape index (κ1) is 20.7. The van der Waals surface area contributed by atoms with Crippen LogP contribution in [0.15, 0.2) is 48.5 Å². The Balaban J connectivity index is 2.18. The monoisotopic (exact) mass is 392 g/mol. The van der Waals surface area contributed by atoms with Crippen LogP contribution in [0.2, 0.25) is 5.02 Å². The maximum atomic E-state index is 12.5. The van der Waals surface area contributed by atoms with Gasteiger partial charge in [0.2, 0.25) is 5.91 Å². The Kier molecular flexibility index (Phi) is 7.18. The van der Waals surface area contributed by atoms with Crippen molar-refractivity contribution in [3.05, 3.63) is 53.6 Å². The number of hydroxylamine groups is 1. The second-order valence-corrected chi connectivity index (χ2v) is 6.58. The topological polar surface area (TPSA) is 99.1 Å². The average molecular weight is 393 g/mol. The number of nitrogens with zero attached hydrogens (tertiary/aromatic N) is 1. The second-order valence-electron chi connectivity index (χ2n) is 6.15. The predicted molar refractivity (Wildman–Crippen MR) is 101 cm³/mol. The molecule has 3 N–H and O–H groups in total. The second kappa shape index (κ2) is 9.36. The van der Waals surface area contributed by atoms with Gasteiger partial charge in [0.05, 0.1) is 6.54 Å². The molecule has 0 saturated carbocycles. The molecule has 0 unspecified atom stereocenters. The van der Waals surface area contributed by atoms with Crippen molar-refractivity contribution >= 4 is 29.1 Å². The van der Waals surface area contributed by atoms with Crippen LogP contribution in [0.5, 0.6) is 11.5 Å². The number of aliphatic hydroxyl groups is 1. The van der Waals surface area contributed by atoms with Gasteiger partial charge in [-0.15, -0.1) is 0 Å². The molecule has 0 saturated heterocycles. The molecule has 0 bridgehead atoms. The SMILES string of the molecule is CC(C)C(=O)N(C[C@H](O)C(=O)NO)c1ccc(Oc2ccc(Cl)cc2)cc1. The molecule has 0 aliphatic carbocycles. The number of halogens is 1. The number of rotatable bonds is 7. The van der Waals surface area contributed by atoms with Gasteiger partial charge >= 0.3 is 0 Å². The molecule has 2 amide bonds. The van der Waals surface area contributed by atoms with Crippen molar-refractivity contribution in [2.75, 3.05) is 11.4 Å². The van der Waals surface area contributed by atoms with E-state index in [1.54, 1.807) is 62.4 Å². The number of anilines is 1. The van der Waals surface area contributed by atoms with E-state index < -0.39 is 12.0 Å². The molecule has 2 aromatic rings. The van der Waals surface area contributed by atoms with Gasteiger partial charge in [0, 0.05) is 16.6 Å². The number of aliphatic hydroxyl groups excluding tert-OH is 1. The van der Waals surface area contributed by atoms with E-state index in [9.17, 15) is 14.7 Å². The molecule has 0 aliphatic rings. The van der Waals surface area contributed by atoms with Crippen molar-refractivity contribution in [2.45, 2.75) is 20.0 Å². The summed E-state index contributed by atoms with van der Waals surface area (Å²) in [5, 5.41) is 19.1. The summed E-state index contributed by atoms with van der Waals surface area (Å²) >= 11 is 5.84. The molecule has 0 aliphatic heterocycles. The van der Waals surface area contributed by atoms with Crippen molar-refractivity contribution in [3.8, 4) is 11.5 Å². The number of hydrogen-bond acceptors (Lipinski definition) is 5. The minimum absolute atomic E-state index is 0.272. The smallest absolute Gasteiger partial charge is 0.274 e. The van der Waals surface area contributed by atoms with Crippen molar-refractivity contribution in [3.63, 3.8) is 0 Å². The number of nitrogens with one attached hydrogen (secondary N) is 1. The third kappa shape index (κ3) is 5.68. The van der Waals surface area contributed by atoms with Crippen LogP contribution in [0.25, 0.3) is 0 Å². The highest BCUT2D eigenvalue weighted by molar-refractivity contribution is 6.30. The fourth-order valence-corrected chi connectivity index (χ4v) is 2.42. The zero-order valence-electron chi connectivity index (χ0n) is 14.9. The standard InChI is InChI=1S/C19H21ClN2O5/c1-12(2)19(25)22(11-17(23)18(24)21-26)14-5-9-16(10-6-14)27-15-7-3-13(20)4-8-15/h3-10,12,17,23,26H,11H2,1-2H3,(H,21,24)/t17-/m0/s1. The fraction of sp³-hybridized carbons (Fsp3) is 0.263. The van der Waals surface area contributed by atoms with Gasteiger partial charge in [-0.3, -0.25) is 14.8 Å². The van der Waals surface area contributed by atoms with Crippen LogP contribution in [-0.4, -0.2) is 34.8 Å². The molecule has 0 fully saturated rings. The fourth-order valence-electron chi connectivity index (χ4n) is 2.30. The number of benzene rings is 2. The third-order valence-electron chi connectivity index (χ3n) is 3.73. The zero-order valence-corrected chi connectivity index (χ0v) is 15.7. The summed E-state index contributed by atoms with van der Waals surface area (Å²) in [4.78, 5) is 25.1. The van der Waals surface area contributed by atoms with Crippen molar-refractivity contribution in [2.24, 2.45) is 5.92 Å². The Labute approximate surface area is 162 Å². The molecule has 27 heavy (non-hydrogen) atoms. The summed E-state index contributed by atoms with van der Waals surface area (Å²) in [7, 11) is 0. The minimum Gasteiger partial charge on any atom is -0.457 e. The quantitative estimate of drug-likeness (QED) is 0.497. The molecule has 0 spiro atoms. The Morgan fingerprint density at radius 3 is 2.07 bits per heavy atom. The minimum atomic E-state index is -1.57. The molecule has 7 nitrogen and oxygen atoms in total. The summed E-state index contributed by atoms with van der Waals surface area (Å²) in [5.41, 5.74) is 1.86. The lowest BCUT2D eigenvalue weighted by Crippen LogP contribution is -2.45. The highest BCUT2D eigenvalue weighted by Crippen LogP contribution is 2.26. The normalized spacial score (nSPS) is 11.8. The first-order valence-corrected chi connectivity index (χ1v) is 8.66. The first-order chi connectivity index (χ1) is 12.8. The summed E-state index contributed by atoms with van der Waals surface area (Å²) in [6.07, 6.45) is -1.57. The summed E-state index contributed by atoms with van der Waals surface area (Å²) in [6, 6.07) is 13.5. The van der Waals surface area contributed by atoms with E-state index in [0.29, 0.717) is 22.2 Å². The number of carbonyl (C=O) groups is 2. The predicted octanol–water partition coefficient (Wildman–Crippen LogP) is 2.99. The highest BCUT2D eigenvalue weighted by Gasteiger charge is 2.25. The van der Waals surface area contributed by atoms with Gasteiger partial charge in [0.15, 0.2) is 6.10 Å². The van der Waals surface area contributed by atoms with Gasteiger partial charge < -0.3 is 14.7 Å². The third-order valence-corrected chi connectivity index (χ3v) is 3.98. The molecular weight excluding hydrogens is 372 g/mol. The van der Waals surface area contributed by atoms with E-state index in [4.69, 9.17) is 21.5 Å². The molecular formula is C19H21ClN2O5. The van der Waals surface area contributed by atoms with E-state index >= 15 is 0 Å². The van der Waals surface area contributed by atoms with Gasteiger partial charge in [0.1, 0.15) is 11.5 Å². The van der Waals surface area contributed by atoms with Gasteiger partial charge in [-0.25, -0.2) is 5.48 Å². The van der Waals surface area contributed by atoms with Gasteiger partial charge in [-0.2, -0.15) is 0 Å². The maximum absolute atomic E-state index is 12.5. The van der Waals surface area contributed by atoms with E-state index in [2.05, 4.69) is 0 Å². The van der Waals surface area contributed by atoms with Gasteiger partial charge in [-0.05, 0) is 48.5 Å². The molecule has 8 heteroatoms. The Morgan fingerprint density at radius 1 is 1.07 bits per heavy atom. The molecule has 0 radical (unpaired) electrons. The number of amides is 2. The van der Waals surface area contributed by atoms with Crippen LogP contribution < -0.4 is 15.1 Å². The zero-order chi connectivity index (χ0) is 20.0. The maximum Gasteiger partial charge on any atom is 0.274 e. The largest absolute Gasteiger partial charge is 0.457 e. The molecule has 0 heterocycles. The van der Waals surface area contributed by atoms with Crippen LogP contribution in [0.3, 0.4) is 0 Å². The van der Waals surface area contributed by atoms with Crippen molar-refractivity contribution < 1.29 is 24.6 Å². The highest BCUT2D eigenvalue weighted by atomic mass is 35.5. The van der Waals surface area contributed by atoms with E-state index in [-0.39, 0.29) is 18.4 Å². The number of hydrogen-bond donors (Lipinski definition) is 3. The molecule has 2 rings (SSSR count). The van der Waals surface area contributed by atoms with Crippen molar-refractivity contribution in [1.82, 2.24) is 5.48 Å². The first-order valence-electron chi connectivity index (χ1n) is 8.28. The summed E-state index contributed by atoms with van der Waals surface area (Å²) in [6.45, 7) is 3.14. The van der Waals surface area contributed by atoms with Crippen molar-refractivity contribution in [1.29, 1.82) is 0 Å². The van der Waals surface area contributed by atoms with E-state index in [0.717, 1.165) is 0 Å². The van der Waals surface area contributed by atoms with Crippen LogP contribution in [0, 0.1) is 5.92 Å². The number of ether oxygens (including phenoxy) is 1. The Bertz CT molecular complexity index is 778. The van der Waals surface area contributed by atoms with Crippen LogP contribution in [0.1, 0.15) is 13.8 Å². The van der Waals surface area contributed by atoms with Crippen LogP contribution >= 0.6 is 11.6 Å². The van der Waals surface area contributed by atoms with Crippen LogP contribution in [0.4, 0.5) is 5.69 Å². The molecule has 2 aromatic carbocycles. The van der Waals surface area contributed by atoms with Gasteiger partial charge in [-0.1, -0.05) is 25.4 Å². The molecule has 0 aromatic heterocycles. The molecule has 1 atom stereocenters. The summed E-state index contributed by atoms with van der Waals surface area (Å²) in [5.74, 6) is -0.450. The van der Waals surface area contributed by atoms with Gasteiger partial charge in [0.25, 0.3) is 5.91 Å². The van der Waals surface area contributed by atoms with E-state index in [1.165, 1.54) is 10.4 Å². The average Bonchev–Trinajstić information content (AvgIpc) is 2.67. The van der Waals surface area contributed by atoms with E-state index in [1.807, 2.05) is 0 Å². The lowest BCUT2D eigenvalue weighted by molar-refractivity contribution is -0.137.